The highest BCUT2D eigenvalue weighted by Gasteiger charge is 2.30. The first-order chi connectivity index (χ1) is 13.8. The van der Waals surface area contributed by atoms with Crippen molar-refractivity contribution in [2.75, 3.05) is 5.32 Å². The van der Waals surface area contributed by atoms with E-state index in [1.165, 1.54) is 30.5 Å². The van der Waals surface area contributed by atoms with Crippen molar-refractivity contribution in [2.45, 2.75) is 6.18 Å². The van der Waals surface area contributed by atoms with E-state index >= 15 is 0 Å². The fourth-order valence-electron chi connectivity index (χ4n) is 2.53. The molecule has 1 aromatic heterocycles. The minimum atomic E-state index is -4.51. The molecule has 2 N–H and O–H groups in total. The first-order valence-corrected chi connectivity index (χ1v) is 8.67. The molecule has 0 saturated carbocycles. The number of rotatable bonds is 5. The Kier molecular flexibility index (Phi) is 5.84. The summed E-state index contributed by atoms with van der Waals surface area (Å²) in [6.45, 7) is 0. The van der Waals surface area contributed by atoms with Gasteiger partial charge in [0.1, 0.15) is 0 Å². The third-order valence-electron chi connectivity index (χ3n) is 3.89. The van der Waals surface area contributed by atoms with Crippen LogP contribution in [0.25, 0.3) is 11.4 Å². The molecule has 29 heavy (non-hydrogen) atoms. The number of allylic oxidation sites excluding steroid dienone is 1. The van der Waals surface area contributed by atoms with E-state index in [2.05, 4.69) is 10.4 Å². The Bertz CT molecular complexity index is 1140. The minimum absolute atomic E-state index is 0.0756. The summed E-state index contributed by atoms with van der Waals surface area (Å²) in [4.78, 5) is 12.4. The first kappa shape index (κ1) is 20.3. The van der Waals surface area contributed by atoms with Gasteiger partial charge in [-0.15, -0.1) is 0 Å². The molecule has 148 valence electrons. The monoisotopic (exact) mass is 418 g/mol. The molecule has 9 heteroatoms. The summed E-state index contributed by atoms with van der Waals surface area (Å²) >= 11 is 6.13. The third kappa shape index (κ3) is 4.72. The van der Waals surface area contributed by atoms with Gasteiger partial charge in [-0.25, -0.2) is 4.68 Å². The van der Waals surface area contributed by atoms with Crippen LogP contribution in [-0.2, 0) is 6.18 Å². The summed E-state index contributed by atoms with van der Waals surface area (Å²) in [7, 11) is 0. The zero-order valence-electron chi connectivity index (χ0n) is 14.7. The van der Waals surface area contributed by atoms with Crippen molar-refractivity contribution in [2.24, 2.45) is 0 Å². The van der Waals surface area contributed by atoms with Crippen LogP contribution in [0.15, 0.2) is 71.7 Å². The van der Waals surface area contributed by atoms with Gasteiger partial charge in [-0.3, -0.25) is 4.79 Å². The van der Waals surface area contributed by atoms with Crippen molar-refractivity contribution in [1.82, 2.24) is 9.78 Å². The van der Waals surface area contributed by atoms with Crippen LogP contribution in [0.1, 0.15) is 11.3 Å². The van der Waals surface area contributed by atoms with Crippen molar-refractivity contribution >= 4 is 29.2 Å². The molecule has 2 aromatic carbocycles. The Morgan fingerprint density at radius 2 is 1.90 bits per heavy atom. The van der Waals surface area contributed by atoms with Gasteiger partial charge in [-0.1, -0.05) is 29.8 Å². The van der Waals surface area contributed by atoms with E-state index in [-0.39, 0.29) is 17.1 Å². The number of hydrogen-bond donors (Lipinski definition) is 2. The quantitative estimate of drug-likeness (QED) is 0.572. The lowest BCUT2D eigenvalue weighted by Crippen LogP contribution is -2.18. The fraction of sp³-hybridized carbons (Fsp3) is 0.0500. The molecule has 3 rings (SSSR count). The molecule has 0 unspecified atom stereocenters. The van der Waals surface area contributed by atoms with E-state index in [0.29, 0.717) is 10.7 Å². The highest BCUT2D eigenvalue weighted by molar-refractivity contribution is 6.33. The van der Waals surface area contributed by atoms with Crippen LogP contribution in [-0.4, -0.2) is 16.0 Å². The lowest BCUT2D eigenvalue weighted by molar-refractivity contribution is -0.137. The van der Waals surface area contributed by atoms with Gasteiger partial charge in [0.25, 0.3) is 0 Å². The van der Waals surface area contributed by atoms with Crippen LogP contribution >= 0.6 is 11.6 Å². The average molecular weight is 419 g/mol. The van der Waals surface area contributed by atoms with Gasteiger partial charge in [-0.05, 0) is 36.4 Å². The number of nitrogens with one attached hydrogen (secondary N) is 2. The Hall–Kier alpha value is -3.39. The van der Waals surface area contributed by atoms with Gasteiger partial charge in [0.2, 0.25) is 5.43 Å². The van der Waals surface area contributed by atoms with Crippen molar-refractivity contribution in [1.29, 1.82) is 5.41 Å². The Morgan fingerprint density at radius 1 is 1.14 bits per heavy atom. The van der Waals surface area contributed by atoms with E-state index in [4.69, 9.17) is 17.0 Å². The largest absolute Gasteiger partial charge is 0.416 e. The first-order valence-electron chi connectivity index (χ1n) is 8.30. The van der Waals surface area contributed by atoms with E-state index in [9.17, 15) is 18.0 Å². The smallest absolute Gasteiger partial charge is 0.352 e. The fourth-order valence-corrected chi connectivity index (χ4v) is 2.72. The number of hydrogen-bond acceptors (Lipinski definition) is 4. The van der Waals surface area contributed by atoms with E-state index < -0.39 is 17.2 Å². The van der Waals surface area contributed by atoms with E-state index in [1.54, 1.807) is 24.3 Å². The highest BCUT2D eigenvalue weighted by atomic mass is 35.5. The Labute approximate surface area is 168 Å². The van der Waals surface area contributed by atoms with Crippen LogP contribution in [0, 0.1) is 5.41 Å². The molecule has 0 aliphatic carbocycles. The second kappa shape index (κ2) is 8.32. The summed E-state index contributed by atoms with van der Waals surface area (Å²) in [6, 6.07) is 12.6. The molecule has 5 nitrogen and oxygen atoms in total. The van der Waals surface area contributed by atoms with E-state index in [0.717, 1.165) is 23.0 Å². The van der Waals surface area contributed by atoms with Crippen LogP contribution in [0.3, 0.4) is 0 Å². The maximum absolute atomic E-state index is 13.0. The molecule has 3 aromatic rings. The predicted octanol–water partition coefficient (Wildman–Crippen LogP) is 5.01. The van der Waals surface area contributed by atoms with Gasteiger partial charge in [0.05, 0.1) is 27.7 Å². The maximum Gasteiger partial charge on any atom is 0.416 e. The summed E-state index contributed by atoms with van der Waals surface area (Å²) in [6.07, 6.45) is -0.959. The third-order valence-corrected chi connectivity index (χ3v) is 4.22. The molecule has 0 bridgehead atoms. The number of para-hydroxylation sites is 1. The number of benzene rings is 2. The molecule has 0 fully saturated rings. The normalized spacial score (nSPS) is 11.9. The van der Waals surface area contributed by atoms with E-state index in [1.807, 2.05) is 0 Å². The topological polar surface area (TPSA) is 70.8 Å². The van der Waals surface area contributed by atoms with Gasteiger partial charge >= 0.3 is 6.18 Å². The minimum Gasteiger partial charge on any atom is -0.352 e. The second-order valence-corrected chi connectivity index (χ2v) is 6.28. The summed E-state index contributed by atoms with van der Waals surface area (Å²) < 4.78 is 40.2. The lowest BCUT2D eigenvalue weighted by atomic mass is 10.2. The molecule has 0 aliphatic rings. The molecule has 0 amide bonds. The zero-order chi connectivity index (χ0) is 21.0. The maximum atomic E-state index is 13.0. The summed E-state index contributed by atoms with van der Waals surface area (Å²) in [5.74, 6) is 0. The second-order valence-electron chi connectivity index (χ2n) is 5.87. The van der Waals surface area contributed by atoms with Crippen LogP contribution in [0.2, 0.25) is 5.02 Å². The Balaban J connectivity index is 2.06. The molecule has 0 spiro atoms. The zero-order valence-corrected chi connectivity index (χ0v) is 15.5. The average Bonchev–Trinajstić information content (AvgIpc) is 2.69. The van der Waals surface area contributed by atoms with Crippen molar-refractivity contribution in [3.8, 4) is 5.69 Å². The molecule has 0 radical (unpaired) electrons. The van der Waals surface area contributed by atoms with Gasteiger partial charge in [-0.2, -0.15) is 18.3 Å². The number of nitrogens with zero attached hydrogens (tertiary/aromatic N) is 2. The molecule has 0 aliphatic heterocycles. The number of halogens is 4. The van der Waals surface area contributed by atoms with Gasteiger partial charge < -0.3 is 10.7 Å². The van der Waals surface area contributed by atoms with Crippen LogP contribution < -0.4 is 10.7 Å². The number of aromatic nitrogens is 2. The lowest BCUT2D eigenvalue weighted by Gasteiger charge is -2.14. The molecule has 1 heterocycles. The molecule has 0 atom stereocenters. The van der Waals surface area contributed by atoms with Crippen molar-refractivity contribution in [3.05, 3.63) is 93.4 Å². The molecule has 0 saturated heterocycles. The van der Waals surface area contributed by atoms with Gasteiger partial charge in [0.15, 0.2) is 5.69 Å². The van der Waals surface area contributed by atoms with Crippen molar-refractivity contribution < 1.29 is 13.2 Å². The standard InChI is InChI=1S/C20H14ClF3N4O/c21-15-6-1-2-7-16(15)26-17(8-10-25)19-18(29)9-11-28(27-19)14-5-3-4-13(12-14)20(22,23)24/h1-12,25-26H/b17-8-,25-10?. The van der Waals surface area contributed by atoms with Crippen LogP contribution in [0.5, 0.6) is 0 Å². The predicted molar refractivity (Wildman–Crippen MR) is 107 cm³/mol. The van der Waals surface area contributed by atoms with Gasteiger partial charge in [0, 0.05) is 18.5 Å². The number of anilines is 1. The SMILES string of the molecule is N=C/C=C(\Nc1ccccc1Cl)c1nn(-c2cccc(C(F)(F)F)c2)ccc1=O. The summed E-state index contributed by atoms with van der Waals surface area (Å²) in [5, 5.41) is 14.8. The van der Waals surface area contributed by atoms with Crippen LogP contribution in [0.4, 0.5) is 18.9 Å². The molecular weight excluding hydrogens is 405 g/mol. The summed E-state index contributed by atoms with van der Waals surface area (Å²) in [5.41, 5.74) is -0.582. The highest BCUT2D eigenvalue weighted by Crippen LogP contribution is 2.30. The van der Waals surface area contributed by atoms with Crippen molar-refractivity contribution in [3.63, 3.8) is 0 Å². The Morgan fingerprint density at radius 3 is 2.59 bits per heavy atom. The molecular formula is C20H14ClF3N4O. The number of alkyl halides is 3.